The number of hydrogen-bond donors (Lipinski definition) is 0. The lowest BCUT2D eigenvalue weighted by Crippen LogP contribution is -2.25. The minimum Gasteiger partial charge on any atom is -0.217 e. The van der Waals surface area contributed by atoms with E-state index in [2.05, 4.69) is 19.9 Å². The minimum atomic E-state index is -2.52. The zero-order chi connectivity index (χ0) is 17.3. The van der Waals surface area contributed by atoms with Crippen LogP contribution in [-0.4, -0.2) is 20.7 Å². The molecular weight excluding hydrogens is 308 g/mol. The molecule has 3 rings (SSSR count). The molecule has 5 heteroatoms. The zero-order valence-electron chi connectivity index (χ0n) is 14.6. The molecule has 1 aliphatic rings. The lowest BCUT2D eigenvalue weighted by Gasteiger charge is -2.27. The molecule has 1 atom stereocenters. The van der Waals surface area contributed by atoms with Gasteiger partial charge in [0.15, 0.2) is 5.82 Å². The molecule has 0 saturated heterocycles. The van der Waals surface area contributed by atoms with E-state index >= 15 is 0 Å². The Labute approximate surface area is 142 Å². The Balaban J connectivity index is 1.99. The van der Waals surface area contributed by atoms with Crippen LogP contribution in [0.3, 0.4) is 0 Å². The van der Waals surface area contributed by atoms with Crippen molar-refractivity contribution in [1.29, 1.82) is 0 Å². The highest BCUT2D eigenvalue weighted by Crippen LogP contribution is 2.41. The summed E-state index contributed by atoms with van der Waals surface area (Å²) in [7, 11) is 0. The van der Waals surface area contributed by atoms with Crippen molar-refractivity contribution in [3.8, 4) is 5.69 Å². The second-order valence-corrected chi connectivity index (χ2v) is 7.02. The van der Waals surface area contributed by atoms with Crippen LogP contribution in [0.2, 0.25) is 0 Å². The van der Waals surface area contributed by atoms with Gasteiger partial charge in [-0.25, -0.2) is 18.4 Å². The summed E-state index contributed by atoms with van der Waals surface area (Å²) in [5.74, 6) is -0.558. The molecule has 0 amide bonds. The van der Waals surface area contributed by atoms with Crippen LogP contribution in [0.15, 0.2) is 24.3 Å². The summed E-state index contributed by atoms with van der Waals surface area (Å²) in [6, 6.07) is 8.10. The fourth-order valence-corrected chi connectivity index (χ4v) is 3.24. The molecule has 1 aromatic heterocycles. The van der Waals surface area contributed by atoms with Crippen LogP contribution in [-0.2, 0) is 0 Å². The molecule has 0 bridgehead atoms. The van der Waals surface area contributed by atoms with Gasteiger partial charge in [-0.3, -0.25) is 0 Å². The highest BCUT2D eigenvalue weighted by Gasteiger charge is 2.37. The summed E-state index contributed by atoms with van der Waals surface area (Å²) >= 11 is 0. The van der Waals surface area contributed by atoms with Gasteiger partial charge in [0.2, 0.25) is 5.92 Å². The Hall–Kier alpha value is -1.78. The number of aryl methyl sites for hydroxylation is 1. The molecule has 0 radical (unpaired) electrons. The van der Waals surface area contributed by atoms with Crippen molar-refractivity contribution in [2.24, 2.45) is 0 Å². The minimum absolute atomic E-state index is 0.0513. The number of aromatic nitrogens is 3. The number of alkyl halides is 2. The molecule has 1 heterocycles. The van der Waals surface area contributed by atoms with Crippen LogP contribution >= 0.6 is 0 Å². The monoisotopic (exact) mass is 333 g/mol. The molecule has 1 unspecified atom stereocenters. The maximum Gasteiger partial charge on any atom is 0.248 e. The molecule has 0 N–H and O–H groups in total. The van der Waals surface area contributed by atoms with Gasteiger partial charge < -0.3 is 0 Å². The van der Waals surface area contributed by atoms with Crippen molar-refractivity contribution in [3.05, 3.63) is 41.5 Å². The Morgan fingerprint density at radius 3 is 2.62 bits per heavy atom. The van der Waals surface area contributed by atoms with Crippen molar-refractivity contribution in [3.63, 3.8) is 0 Å². The zero-order valence-corrected chi connectivity index (χ0v) is 14.6. The van der Waals surface area contributed by atoms with Gasteiger partial charge in [0.1, 0.15) is 5.82 Å². The van der Waals surface area contributed by atoms with E-state index < -0.39 is 5.92 Å². The number of hydrogen-bond acceptors (Lipinski definition) is 2. The van der Waals surface area contributed by atoms with E-state index in [-0.39, 0.29) is 24.7 Å². The standard InChI is InChI=1S/C19H25F2N3/c1-4-14(3)17-22-18(15-8-10-19(20,21)11-9-15)24(23-17)16-7-5-6-13(2)12-16/h5-7,12,14-15H,4,8-11H2,1-3H3. The lowest BCUT2D eigenvalue weighted by atomic mass is 9.86. The summed E-state index contributed by atoms with van der Waals surface area (Å²) in [5.41, 5.74) is 2.11. The van der Waals surface area contributed by atoms with Gasteiger partial charge >= 0.3 is 0 Å². The van der Waals surface area contributed by atoms with E-state index in [0.717, 1.165) is 29.3 Å². The van der Waals surface area contributed by atoms with Gasteiger partial charge in [-0.1, -0.05) is 26.0 Å². The van der Waals surface area contributed by atoms with Crippen LogP contribution in [0.25, 0.3) is 5.69 Å². The smallest absolute Gasteiger partial charge is 0.217 e. The van der Waals surface area contributed by atoms with E-state index in [4.69, 9.17) is 10.1 Å². The first-order valence-corrected chi connectivity index (χ1v) is 8.81. The number of halogens is 2. The summed E-state index contributed by atoms with van der Waals surface area (Å²) in [4.78, 5) is 4.77. The van der Waals surface area contributed by atoms with E-state index in [1.807, 2.05) is 29.8 Å². The first-order chi connectivity index (χ1) is 11.4. The molecule has 1 aliphatic carbocycles. The summed E-state index contributed by atoms with van der Waals surface area (Å²) in [6.07, 6.45) is 1.78. The van der Waals surface area contributed by atoms with E-state index in [9.17, 15) is 8.78 Å². The van der Waals surface area contributed by atoms with Crippen LogP contribution in [0.1, 0.15) is 75.0 Å². The van der Waals surface area contributed by atoms with Crippen molar-refractivity contribution in [1.82, 2.24) is 14.8 Å². The summed E-state index contributed by atoms with van der Waals surface area (Å²) < 4.78 is 28.9. The van der Waals surface area contributed by atoms with Crippen molar-refractivity contribution < 1.29 is 8.78 Å². The maximum absolute atomic E-state index is 13.5. The van der Waals surface area contributed by atoms with Crippen LogP contribution in [0, 0.1) is 6.92 Å². The molecule has 0 spiro atoms. The molecule has 1 aromatic carbocycles. The van der Waals surface area contributed by atoms with Crippen LogP contribution in [0.5, 0.6) is 0 Å². The molecule has 130 valence electrons. The Bertz CT molecular complexity index is 698. The number of nitrogens with zero attached hydrogens (tertiary/aromatic N) is 3. The summed E-state index contributed by atoms with van der Waals surface area (Å²) in [6.45, 7) is 6.25. The largest absolute Gasteiger partial charge is 0.248 e. The Kier molecular flexibility index (Phi) is 4.70. The van der Waals surface area contributed by atoms with Crippen molar-refractivity contribution >= 4 is 0 Å². The van der Waals surface area contributed by atoms with Gasteiger partial charge in [-0.15, -0.1) is 0 Å². The quantitative estimate of drug-likeness (QED) is 0.752. The highest BCUT2D eigenvalue weighted by atomic mass is 19.3. The predicted octanol–water partition coefficient (Wildman–Crippen LogP) is 5.38. The second kappa shape index (κ2) is 6.61. The van der Waals surface area contributed by atoms with Crippen LogP contribution in [0.4, 0.5) is 8.78 Å². The molecule has 0 aliphatic heterocycles. The third kappa shape index (κ3) is 3.50. The number of benzene rings is 1. The average Bonchev–Trinajstić information content (AvgIpc) is 2.99. The Morgan fingerprint density at radius 2 is 2.00 bits per heavy atom. The Morgan fingerprint density at radius 1 is 1.29 bits per heavy atom. The fourth-order valence-electron chi connectivity index (χ4n) is 3.24. The first kappa shape index (κ1) is 17.1. The molecule has 1 fully saturated rings. The topological polar surface area (TPSA) is 30.7 Å². The van der Waals surface area contributed by atoms with Gasteiger partial charge in [-0.2, -0.15) is 5.10 Å². The van der Waals surface area contributed by atoms with Gasteiger partial charge in [0.25, 0.3) is 0 Å². The van der Waals surface area contributed by atoms with E-state index in [1.165, 1.54) is 0 Å². The molecule has 24 heavy (non-hydrogen) atoms. The third-order valence-corrected chi connectivity index (χ3v) is 5.03. The predicted molar refractivity (Wildman–Crippen MR) is 91.0 cm³/mol. The average molecular weight is 333 g/mol. The van der Waals surface area contributed by atoms with Crippen LogP contribution < -0.4 is 0 Å². The number of rotatable bonds is 4. The first-order valence-electron chi connectivity index (χ1n) is 8.81. The van der Waals surface area contributed by atoms with E-state index in [1.54, 1.807) is 0 Å². The molecule has 2 aromatic rings. The third-order valence-electron chi connectivity index (χ3n) is 5.03. The highest BCUT2D eigenvalue weighted by molar-refractivity contribution is 5.36. The molecule has 1 saturated carbocycles. The normalized spacial score (nSPS) is 19.4. The van der Waals surface area contributed by atoms with E-state index in [0.29, 0.717) is 12.8 Å². The van der Waals surface area contributed by atoms with Gasteiger partial charge in [0, 0.05) is 24.7 Å². The van der Waals surface area contributed by atoms with Crippen molar-refractivity contribution in [2.45, 2.75) is 70.6 Å². The maximum atomic E-state index is 13.5. The second-order valence-electron chi connectivity index (χ2n) is 7.02. The van der Waals surface area contributed by atoms with Crippen molar-refractivity contribution in [2.75, 3.05) is 0 Å². The van der Waals surface area contributed by atoms with Gasteiger partial charge in [0.05, 0.1) is 5.69 Å². The molecule has 3 nitrogen and oxygen atoms in total. The summed E-state index contributed by atoms with van der Waals surface area (Å²) in [5, 5.41) is 4.72. The SMILES string of the molecule is CCC(C)c1nc(C2CCC(F)(F)CC2)n(-c2cccc(C)c2)n1. The van der Waals surface area contributed by atoms with Gasteiger partial charge in [-0.05, 0) is 43.9 Å². The fraction of sp³-hybridized carbons (Fsp3) is 0.579. The lowest BCUT2D eigenvalue weighted by molar-refractivity contribution is -0.0389. The molecular formula is C19H25F2N3.